The second-order valence-corrected chi connectivity index (χ2v) is 6.78. The van der Waals surface area contributed by atoms with Gasteiger partial charge in [0, 0.05) is 24.7 Å². The van der Waals surface area contributed by atoms with Gasteiger partial charge in [-0.2, -0.15) is 0 Å². The van der Waals surface area contributed by atoms with Crippen molar-refractivity contribution >= 4 is 5.91 Å². The van der Waals surface area contributed by atoms with Crippen LogP contribution in [0.5, 0.6) is 0 Å². The Labute approximate surface area is 147 Å². The summed E-state index contributed by atoms with van der Waals surface area (Å²) >= 11 is 0. The lowest BCUT2D eigenvalue weighted by atomic mass is 9.94. The number of carbonyl (C=O) groups excluding carboxylic acids is 1. The zero-order chi connectivity index (χ0) is 17.4. The number of ether oxygens (including phenoxy) is 1. The van der Waals surface area contributed by atoms with Gasteiger partial charge in [-0.1, -0.05) is 0 Å². The SMILES string of the molecule is Cc1nccc([C@H]2CN(C(=O)c3c(C)oc4c3CCCC4)CCO2)n1. The summed E-state index contributed by atoms with van der Waals surface area (Å²) in [6.07, 6.45) is 5.67. The van der Waals surface area contributed by atoms with Crippen LogP contribution < -0.4 is 0 Å². The second-order valence-electron chi connectivity index (χ2n) is 6.78. The first-order valence-electron chi connectivity index (χ1n) is 8.95. The Kier molecular flexibility index (Phi) is 4.29. The molecular formula is C19H23N3O3. The molecule has 0 spiro atoms. The zero-order valence-corrected chi connectivity index (χ0v) is 14.7. The highest BCUT2D eigenvalue weighted by molar-refractivity contribution is 5.97. The fourth-order valence-electron chi connectivity index (χ4n) is 3.81. The molecule has 0 aromatic carbocycles. The molecule has 1 aliphatic heterocycles. The highest BCUT2D eigenvalue weighted by Crippen LogP contribution is 2.31. The molecule has 2 aliphatic rings. The van der Waals surface area contributed by atoms with E-state index in [0.29, 0.717) is 25.5 Å². The van der Waals surface area contributed by atoms with Gasteiger partial charge in [0.1, 0.15) is 23.4 Å². The first-order valence-corrected chi connectivity index (χ1v) is 8.95. The number of fused-ring (bicyclic) bond motifs is 1. The molecule has 0 saturated carbocycles. The normalized spacial score (nSPS) is 20.4. The number of amides is 1. The van der Waals surface area contributed by atoms with E-state index in [1.807, 2.05) is 24.8 Å². The molecule has 6 nitrogen and oxygen atoms in total. The number of nitrogens with zero attached hydrogens (tertiary/aromatic N) is 3. The number of hydrogen-bond acceptors (Lipinski definition) is 5. The van der Waals surface area contributed by atoms with E-state index in [1.165, 1.54) is 0 Å². The van der Waals surface area contributed by atoms with Crippen molar-refractivity contribution in [3.05, 3.63) is 46.4 Å². The van der Waals surface area contributed by atoms with Gasteiger partial charge in [-0.15, -0.1) is 0 Å². The molecule has 0 unspecified atom stereocenters. The maximum Gasteiger partial charge on any atom is 0.257 e. The fraction of sp³-hybridized carbons (Fsp3) is 0.526. The van der Waals surface area contributed by atoms with Crippen molar-refractivity contribution in [2.24, 2.45) is 0 Å². The lowest BCUT2D eigenvalue weighted by Gasteiger charge is -2.33. The molecule has 3 heterocycles. The average molecular weight is 341 g/mol. The molecule has 1 saturated heterocycles. The van der Waals surface area contributed by atoms with Crippen LogP contribution in [0.15, 0.2) is 16.7 Å². The summed E-state index contributed by atoms with van der Waals surface area (Å²) in [4.78, 5) is 23.6. The molecule has 0 radical (unpaired) electrons. The molecule has 1 atom stereocenters. The summed E-state index contributed by atoms with van der Waals surface area (Å²) in [6, 6.07) is 1.86. The fourth-order valence-corrected chi connectivity index (χ4v) is 3.81. The topological polar surface area (TPSA) is 68.5 Å². The molecule has 132 valence electrons. The van der Waals surface area contributed by atoms with Gasteiger partial charge in [0.15, 0.2) is 0 Å². The van der Waals surface area contributed by atoms with E-state index in [-0.39, 0.29) is 12.0 Å². The van der Waals surface area contributed by atoms with Crippen LogP contribution in [0.3, 0.4) is 0 Å². The average Bonchev–Trinajstić information content (AvgIpc) is 2.97. The Balaban J connectivity index is 1.57. The smallest absolute Gasteiger partial charge is 0.257 e. The first-order chi connectivity index (χ1) is 12.1. The molecular weight excluding hydrogens is 318 g/mol. The molecule has 0 bridgehead atoms. The number of carbonyl (C=O) groups is 1. The van der Waals surface area contributed by atoms with Gasteiger partial charge in [-0.3, -0.25) is 4.79 Å². The van der Waals surface area contributed by atoms with Crippen LogP contribution in [-0.4, -0.2) is 40.5 Å². The van der Waals surface area contributed by atoms with Gasteiger partial charge in [-0.25, -0.2) is 9.97 Å². The van der Waals surface area contributed by atoms with Crippen molar-refractivity contribution in [1.29, 1.82) is 0 Å². The van der Waals surface area contributed by atoms with E-state index in [4.69, 9.17) is 9.15 Å². The summed E-state index contributed by atoms with van der Waals surface area (Å²) < 4.78 is 11.7. The van der Waals surface area contributed by atoms with Crippen LogP contribution in [0.4, 0.5) is 0 Å². The monoisotopic (exact) mass is 341 g/mol. The summed E-state index contributed by atoms with van der Waals surface area (Å²) in [5.74, 6) is 2.52. The van der Waals surface area contributed by atoms with Crippen LogP contribution in [0.25, 0.3) is 0 Å². The maximum atomic E-state index is 13.2. The standard InChI is InChI=1S/C19H23N3O3/c1-12-18(14-5-3-4-6-16(14)25-12)19(23)22-9-10-24-17(11-22)15-7-8-20-13(2)21-15/h7-8,17H,3-6,9-11H2,1-2H3/t17-/m1/s1. The number of hydrogen-bond donors (Lipinski definition) is 0. The Bertz CT molecular complexity index is 799. The third kappa shape index (κ3) is 3.06. The molecule has 1 amide bonds. The Morgan fingerprint density at radius 1 is 1.28 bits per heavy atom. The largest absolute Gasteiger partial charge is 0.465 e. The first kappa shape index (κ1) is 16.3. The zero-order valence-electron chi connectivity index (χ0n) is 14.7. The van der Waals surface area contributed by atoms with Gasteiger partial charge in [-0.05, 0) is 39.2 Å². The lowest BCUT2D eigenvalue weighted by Crippen LogP contribution is -2.43. The van der Waals surface area contributed by atoms with Crippen molar-refractivity contribution < 1.29 is 13.9 Å². The maximum absolute atomic E-state index is 13.2. The Hall–Kier alpha value is -2.21. The molecule has 6 heteroatoms. The van der Waals surface area contributed by atoms with E-state index >= 15 is 0 Å². The summed E-state index contributed by atoms with van der Waals surface area (Å²) in [5.41, 5.74) is 2.72. The van der Waals surface area contributed by atoms with Crippen molar-refractivity contribution in [1.82, 2.24) is 14.9 Å². The van der Waals surface area contributed by atoms with E-state index in [2.05, 4.69) is 9.97 Å². The van der Waals surface area contributed by atoms with E-state index in [9.17, 15) is 4.79 Å². The minimum atomic E-state index is -0.206. The molecule has 2 aromatic rings. The number of aromatic nitrogens is 2. The predicted octanol–water partition coefficient (Wildman–Crippen LogP) is 2.78. The number of morpholine rings is 1. The molecule has 0 N–H and O–H groups in total. The predicted molar refractivity (Wildman–Crippen MR) is 91.5 cm³/mol. The van der Waals surface area contributed by atoms with Crippen LogP contribution in [0, 0.1) is 13.8 Å². The van der Waals surface area contributed by atoms with Crippen LogP contribution in [-0.2, 0) is 17.6 Å². The van der Waals surface area contributed by atoms with Crippen molar-refractivity contribution in [2.45, 2.75) is 45.6 Å². The number of aryl methyl sites for hydroxylation is 3. The number of rotatable bonds is 2. The van der Waals surface area contributed by atoms with Crippen molar-refractivity contribution in [2.75, 3.05) is 19.7 Å². The van der Waals surface area contributed by atoms with Gasteiger partial charge in [0.25, 0.3) is 5.91 Å². The summed E-state index contributed by atoms with van der Waals surface area (Å²) in [6.45, 7) is 5.37. The van der Waals surface area contributed by atoms with E-state index < -0.39 is 0 Å². The second kappa shape index (κ2) is 6.59. The van der Waals surface area contributed by atoms with Crippen LogP contribution in [0.2, 0.25) is 0 Å². The molecule has 2 aromatic heterocycles. The minimum Gasteiger partial charge on any atom is -0.465 e. The van der Waals surface area contributed by atoms with Crippen LogP contribution in [0.1, 0.15) is 57.9 Å². The third-order valence-corrected chi connectivity index (χ3v) is 5.04. The molecule has 1 fully saturated rings. The Morgan fingerprint density at radius 3 is 2.96 bits per heavy atom. The third-order valence-electron chi connectivity index (χ3n) is 5.04. The van der Waals surface area contributed by atoms with E-state index in [0.717, 1.165) is 54.0 Å². The summed E-state index contributed by atoms with van der Waals surface area (Å²) in [7, 11) is 0. The van der Waals surface area contributed by atoms with Gasteiger partial charge >= 0.3 is 0 Å². The van der Waals surface area contributed by atoms with E-state index in [1.54, 1.807) is 6.20 Å². The van der Waals surface area contributed by atoms with Crippen molar-refractivity contribution in [3.63, 3.8) is 0 Å². The lowest BCUT2D eigenvalue weighted by molar-refractivity contribution is -0.0249. The summed E-state index contributed by atoms with van der Waals surface area (Å²) in [5, 5.41) is 0. The van der Waals surface area contributed by atoms with Crippen LogP contribution >= 0.6 is 0 Å². The molecule has 1 aliphatic carbocycles. The number of furan rings is 1. The molecule has 4 rings (SSSR count). The highest BCUT2D eigenvalue weighted by Gasteiger charge is 2.32. The minimum absolute atomic E-state index is 0.0588. The van der Waals surface area contributed by atoms with Crippen molar-refractivity contribution in [3.8, 4) is 0 Å². The highest BCUT2D eigenvalue weighted by atomic mass is 16.5. The quantitative estimate of drug-likeness (QED) is 0.840. The van der Waals surface area contributed by atoms with Gasteiger partial charge in [0.05, 0.1) is 24.4 Å². The van der Waals surface area contributed by atoms with Gasteiger partial charge in [0.2, 0.25) is 0 Å². The Morgan fingerprint density at radius 2 is 2.12 bits per heavy atom. The molecule has 25 heavy (non-hydrogen) atoms. The van der Waals surface area contributed by atoms with Gasteiger partial charge < -0.3 is 14.1 Å².